The highest BCUT2D eigenvalue weighted by atomic mass is 13.9. The van der Waals surface area contributed by atoms with Crippen LogP contribution in [0.15, 0.2) is 35.9 Å². The van der Waals surface area contributed by atoms with Gasteiger partial charge in [0.1, 0.15) is 7.17 Å². The molecule has 2 heteroatoms. The Morgan fingerprint density at radius 1 is 1.60 bits per heavy atom. The maximum Gasteiger partial charge on any atom is 0.124 e. The molecule has 0 atom stereocenters. The molecule has 0 amide bonds. The minimum Gasteiger partial charge on any atom is -0.0996 e. The molecule has 0 fully saturated rings. The molecule has 0 nitrogen and oxygen atoms in total. The first kappa shape index (κ1) is 7.46. The maximum atomic E-state index is 3.78. The minimum atomic E-state index is 1.23. The fourth-order valence-corrected chi connectivity index (χ4v) is 1.42. The summed E-state index contributed by atoms with van der Waals surface area (Å²) in [6.07, 6.45) is 7.53. The van der Waals surface area contributed by atoms with Crippen LogP contribution in [-0.2, 0) is 0 Å². The lowest BCUT2D eigenvalue weighted by Gasteiger charge is -1.94. The summed E-state index contributed by atoms with van der Waals surface area (Å²) in [5, 5.41) is 0. The van der Waals surface area contributed by atoms with E-state index in [-0.39, 0.29) is 0 Å². The van der Waals surface area contributed by atoms with Gasteiger partial charge in [-0.2, -0.15) is 0 Å². The second-order valence-corrected chi connectivity index (χ2v) is 2.61. The third-order valence-corrected chi connectivity index (χ3v) is 1.92. The van der Waals surface area contributed by atoms with Crippen LogP contribution in [0.3, 0.4) is 0 Å². The van der Waals surface area contributed by atoms with E-state index in [1.54, 1.807) is 0 Å². The van der Waals surface area contributed by atoms with E-state index in [1.165, 1.54) is 31.7 Å². The second kappa shape index (κ2) is 3.50. The van der Waals surface area contributed by atoms with Crippen molar-refractivity contribution in [2.75, 3.05) is 0 Å². The standard InChI is InChI=1S/C8H12B2/c1-3-5-7-6-9-10-8(7)4-2/h3-5,9-10H,2,6H2,1H3/b5-3-. The van der Waals surface area contributed by atoms with Crippen LogP contribution in [0.2, 0.25) is 6.32 Å². The van der Waals surface area contributed by atoms with Gasteiger partial charge in [0.25, 0.3) is 0 Å². The quantitative estimate of drug-likeness (QED) is 0.493. The van der Waals surface area contributed by atoms with Crippen molar-refractivity contribution >= 4 is 14.3 Å². The van der Waals surface area contributed by atoms with Gasteiger partial charge in [0.05, 0.1) is 7.17 Å². The summed E-state index contributed by atoms with van der Waals surface area (Å²) in [4.78, 5) is 0. The summed E-state index contributed by atoms with van der Waals surface area (Å²) in [7, 11) is 2.53. The van der Waals surface area contributed by atoms with Gasteiger partial charge in [-0.25, -0.2) is 0 Å². The van der Waals surface area contributed by atoms with Crippen molar-refractivity contribution in [3.8, 4) is 0 Å². The van der Waals surface area contributed by atoms with Gasteiger partial charge in [-0.15, -0.1) is 0 Å². The van der Waals surface area contributed by atoms with E-state index < -0.39 is 0 Å². The molecular weight excluding hydrogens is 118 g/mol. The molecule has 0 aromatic heterocycles. The first-order valence-corrected chi connectivity index (χ1v) is 3.85. The van der Waals surface area contributed by atoms with Crippen LogP contribution in [0.1, 0.15) is 6.92 Å². The highest BCUT2D eigenvalue weighted by Crippen LogP contribution is 2.16. The monoisotopic (exact) mass is 130 g/mol. The predicted octanol–water partition coefficient (Wildman–Crippen LogP) is 1.22. The van der Waals surface area contributed by atoms with Crippen molar-refractivity contribution < 1.29 is 0 Å². The zero-order valence-electron chi connectivity index (χ0n) is 6.56. The average Bonchev–Trinajstić information content (AvgIpc) is 2.36. The highest BCUT2D eigenvalue weighted by Gasteiger charge is 2.10. The largest absolute Gasteiger partial charge is 0.124 e. The van der Waals surface area contributed by atoms with E-state index in [2.05, 4.69) is 25.7 Å². The number of hydrogen-bond acceptors (Lipinski definition) is 0. The van der Waals surface area contributed by atoms with E-state index in [0.717, 1.165) is 0 Å². The number of rotatable bonds is 2. The van der Waals surface area contributed by atoms with Crippen molar-refractivity contribution in [3.05, 3.63) is 35.9 Å². The Labute approximate surface area is 64.2 Å². The van der Waals surface area contributed by atoms with Crippen molar-refractivity contribution in [2.24, 2.45) is 0 Å². The molecule has 0 radical (unpaired) electrons. The maximum absolute atomic E-state index is 3.78. The van der Waals surface area contributed by atoms with Crippen LogP contribution in [0.25, 0.3) is 0 Å². The summed E-state index contributed by atoms with van der Waals surface area (Å²) in [5.41, 5.74) is 2.93. The molecule has 10 heavy (non-hydrogen) atoms. The third kappa shape index (κ3) is 1.44. The van der Waals surface area contributed by atoms with Gasteiger partial charge < -0.3 is 0 Å². The zero-order valence-corrected chi connectivity index (χ0v) is 6.56. The van der Waals surface area contributed by atoms with Crippen molar-refractivity contribution in [3.63, 3.8) is 0 Å². The van der Waals surface area contributed by atoms with E-state index >= 15 is 0 Å². The predicted molar refractivity (Wildman–Crippen MR) is 51.1 cm³/mol. The van der Waals surface area contributed by atoms with E-state index in [1.807, 2.05) is 6.08 Å². The summed E-state index contributed by atoms with van der Waals surface area (Å²) < 4.78 is 0. The van der Waals surface area contributed by atoms with Gasteiger partial charge in [-0.05, 0) is 6.92 Å². The van der Waals surface area contributed by atoms with Crippen LogP contribution < -0.4 is 0 Å². The Morgan fingerprint density at radius 3 is 3.00 bits per heavy atom. The third-order valence-electron chi connectivity index (χ3n) is 1.92. The van der Waals surface area contributed by atoms with Gasteiger partial charge in [0.15, 0.2) is 0 Å². The lowest BCUT2D eigenvalue weighted by molar-refractivity contribution is 1.49. The fourth-order valence-electron chi connectivity index (χ4n) is 1.42. The molecular formula is C8H12B2. The normalized spacial score (nSPS) is 17.3. The van der Waals surface area contributed by atoms with Crippen LogP contribution >= 0.6 is 0 Å². The number of hydrogen-bond donors (Lipinski definition) is 0. The van der Waals surface area contributed by atoms with Crippen LogP contribution in [0.5, 0.6) is 0 Å². The molecule has 0 unspecified atom stereocenters. The van der Waals surface area contributed by atoms with Gasteiger partial charge in [0, 0.05) is 0 Å². The molecule has 0 N–H and O–H groups in total. The van der Waals surface area contributed by atoms with E-state index in [0.29, 0.717) is 0 Å². The molecule has 0 spiro atoms. The molecule has 0 saturated carbocycles. The summed E-state index contributed by atoms with van der Waals surface area (Å²) in [6, 6.07) is 0. The lowest BCUT2D eigenvalue weighted by atomic mass is 9.39. The summed E-state index contributed by atoms with van der Waals surface area (Å²) >= 11 is 0. The Kier molecular flexibility index (Phi) is 2.61. The molecule has 50 valence electrons. The van der Waals surface area contributed by atoms with Crippen molar-refractivity contribution in [1.82, 2.24) is 0 Å². The molecule has 0 aromatic carbocycles. The molecule has 1 aliphatic heterocycles. The molecule has 0 aromatic rings. The first-order chi connectivity index (χ1) is 4.88. The van der Waals surface area contributed by atoms with E-state index in [9.17, 15) is 0 Å². The van der Waals surface area contributed by atoms with Gasteiger partial charge >= 0.3 is 0 Å². The molecule has 1 rings (SSSR count). The highest BCUT2D eigenvalue weighted by molar-refractivity contribution is 7.06. The lowest BCUT2D eigenvalue weighted by Crippen LogP contribution is -1.94. The average molecular weight is 130 g/mol. The molecule has 0 saturated heterocycles. The minimum absolute atomic E-state index is 1.23. The van der Waals surface area contributed by atoms with Crippen LogP contribution in [0, 0.1) is 0 Å². The Morgan fingerprint density at radius 2 is 2.40 bits per heavy atom. The Bertz CT molecular complexity index is 189. The van der Waals surface area contributed by atoms with Gasteiger partial charge in [-0.3, -0.25) is 0 Å². The van der Waals surface area contributed by atoms with Gasteiger partial charge in [-0.1, -0.05) is 42.2 Å². The first-order valence-electron chi connectivity index (χ1n) is 3.85. The van der Waals surface area contributed by atoms with Crippen molar-refractivity contribution in [1.29, 1.82) is 0 Å². The molecule has 0 bridgehead atoms. The summed E-state index contributed by atoms with van der Waals surface area (Å²) in [6.45, 7) is 5.84. The molecule has 1 heterocycles. The Hall–Kier alpha value is -0.650. The van der Waals surface area contributed by atoms with E-state index in [4.69, 9.17) is 0 Å². The smallest absolute Gasteiger partial charge is 0.0996 e. The Balaban J connectivity index is 2.77. The topological polar surface area (TPSA) is 0 Å². The molecule has 1 aliphatic rings. The summed E-state index contributed by atoms with van der Waals surface area (Å²) in [5.74, 6) is 0. The number of allylic oxidation sites excluding steroid dienone is 5. The fraction of sp³-hybridized carbons (Fsp3) is 0.250. The van der Waals surface area contributed by atoms with Crippen molar-refractivity contribution in [2.45, 2.75) is 13.2 Å². The molecule has 0 aliphatic carbocycles. The SMILES string of the molecule is C=CC1=C(/C=C\C)CBB1. The van der Waals surface area contributed by atoms with Crippen LogP contribution in [-0.4, -0.2) is 14.3 Å². The van der Waals surface area contributed by atoms with Gasteiger partial charge in [0.2, 0.25) is 0 Å². The zero-order chi connectivity index (χ0) is 7.40. The second-order valence-electron chi connectivity index (χ2n) is 2.61. The van der Waals surface area contributed by atoms with Crippen LogP contribution in [0.4, 0.5) is 0 Å².